The molecule has 6 heteroatoms. The molecule has 0 aliphatic rings. The van der Waals surface area contributed by atoms with Gasteiger partial charge in [0, 0.05) is 17.9 Å². The molecule has 0 unspecified atom stereocenters. The Bertz CT molecular complexity index is 531. The highest BCUT2D eigenvalue weighted by atomic mass is 32.1. The largest absolute Gasteiger partial charge is 0.493 e. The second-order valence-corrected chi connectivity index (χ2v) is 4.51. The molecule has 96 valence electrons. The van der Waals surface area contributed by atoms with Crippen LogP contribution in [0.3, 0.4) is 0 Å². The molecule has 0 bridgehead atoms. The lowest BCUT2D eigenvalue weighted by Crippen LogP contribution is -2.02. The van der Waals surface area contributed by atoms with Crippen LogP contribution >= 0.6 is 11.3 Å². The molecule has 18 heavy (non-hydrogen) atoms. The average molecular weight is 271 g/mol. The van der Waals surface area contributed by atoms with Crippen molar-refractivity contribution in [3.05, 3.63) is 45.9 Å². The van der Waals surface area contributed by atoms with Crippen LogP contribution in [-0.4, -0.2) is 16.7 Å². The number of halogens is 2. The minimum atomic E-state index is -0.927. The van der Waals surface area contributed by atoms with Crippen LogP contribution in [0.4, 0.5) is 8.78 Å². The molecule has 2 rings (SSSR count). The van der Waals surface area contributed by atoms with Gasteiger partial charge in [-0.1, -0.05) is 0 Å². The van der Waals surface area contributed by atoms with Crippen molar-refractivity contribution in [3.8, 4) is 5.75 Å². The Balaban J connectivity index is 1.86. The lowest BCUT2D eigenvalue weighted by molar-refractivity contribution is 0.277. The quantitative estimate of drug-likeness (QED) is 0.908. The predicted molar refractivity (Wildman–Crippen MR) is 63.6 cm³/mol. The minimum Gasteiger partial charge on any atom is -0.493 e. The van der Waals surface area contributed by atoms with Gasteiger partial charge in [-0.2, -0.15) is 0 Å². The minimum absolute atomic E-state index is 0.0828. The van der Waals surface area contributed by atoms with Crippen molar-refractivity contribution in [2.75, 3.05) is 6.61 Å². The van der Waals surface area contributed by atoms with E-state index in [1.54, 1.807) is 5.38 Å². The van der Waals surface area contributed by atoms with E-state index < -0.39 is 11.6 Å². The Hall–Kier alpha value is -1.53. The van der Waals surface area contributed by atoms with Gasteiger partial charge in [-0.05, 0) is 12.1 Å². The van der Waals surface area contributed by atoms with Crippen LogP contribution in [0.15, 0.2) is 23.6 Å². The van der Waals surface area contributed by atoms with Crippen LogP contribution in [-0.2, 0) is 13.0 Å². The fraction of sp³-hybridized carbons (Fsp3) is 0.250. The van der Waals surface area contributed by atoms with E-state index in [1.807, 2.05) is 0 Å². The van der Waals surface area contributed by atoms with E-state index in [9.17, 15) is 8.78 Å². The Morgan fingerprint density at radius 3 is 2.78 bits per heavy atom. The Kier molecular flexibility index (Phi) is 4.22. The van der Waals surface area contributed by atoms with E-state index in [2.05, 4.69) is 4.98 Å². The van der Waals surface area contributed by atoms with Gasteiger partial charge in [0.2, 0.25) is 0 Å². The van der Waals surface area contributed by atoms with Gasteiger partial charge in [-0.25, -0.2) is 13.8 Å². The SMILES string of the molecule is OCc1csc(CCOc2ccc(F)c(F)c2)n1. The fourth-order valence-corrected chi connectivity index (χ4v) is 2.13. The first-order chi connectivity index (χ1) is 8.69. The van der Waals surface area contributed by atoms with E-state index in [4.69, 9.17) is 9.84 Å². The zero-order chi connectivity index (χ0) is 13.0. The Labute approximate surface area is 107 Å². The highest BCUT2D eigenvalue weighted by molar-refractivity contribution is 7.09. The topological polar surface area (TPSA) is 42.4 Å². The Morgan fingerprint density at radius 2 is 2.11 bits per heavy atom. The van der Waals surface area contributed by atoms with Crippen LogP contribution in [0.2, 0.25) is 0 Å². The van der Waals surface area contributed by atoms with Crippen LogP contribution in [0.5, 0.6) is 5.75 Å². The summed E-state index contributed by atoms with van der Waals surface area (Å²) in [4.78, 5) is 4.15. The highest BCUT2D eigenvalue weighted by Gasteiger charge is 2.04. The fourth-order valence-electron chi connectivity index (χ4n) is 1.36. The van der Waals surface area contributed by atoms with E-state index in [1.165, 1.54) is 17.4 Å². The maximum atomic E-state index is 12.9. The molecule has 0 saturated heterocycles. The van der Waals surface area contributed by atoms with Crippen molar-refractivity contribution in [2.24, 2.45) is 0 Å². The molecule has 2 aromatic rings. The molecule has 0 fully saturated rings. The zero-order valence-electron chi connectivity index (χ0n) is 9.40. The van der Waals surface area contributed by atoms with E-state index in [0.717, 1.165) is 17.1 Å². The maximum Gasteiger partial charge on any atom is 0.162 e. The lowest BCUT2D eigenvalue weighted by atomic mass is 10.3. The summed E-state index contributed by atoms with van der Waals surface area (Å²) in [6, 6.07) is 3.41. The zero-order valence-corrected chi connectivity index (χ0v) is 10.2. The molecule has 0 amide bonds. The van der Waals surface area contributed by atoms with Crippen LogP contribution in [0.25, 0.3) is 0 Å². The molecule has 1 aromatic heterocycles. The number of ether oxygens (including phenoxy) is 1. The number of aliphatic hydroxyl groups excluding tert-OH is 1. The highest BCUT2D eigenvalue weighted by Crippen LogP contribution is 2.16. The number of benzene rings is 1. The van der Waals surface area contributed by atoms with Crippen molar-refractivity contribution >= 4 is 11.3 Å². The summed E-state index contributed by atoms with van der Waals surface area (Å²) >= 11 is 1.43. The molecule has 0 aliphatic carbocycles. The third kappa shape index (κ3) is 3.24. The van der Waals surface area contributed by atoms with Gasteiger partial charge in [-0.15, -0.1) is 11.3 Å². The van der Waals surface area contributed by atoms with Gasteiger partial charge in [-0.3, -0.25) is 0 Å². The standard InChI is InChI=1S/C12H11F2NO2S/c13-10-2-1-9(5-11(10)14)17-4-3-12-15-8(6-16)7-18-12/h1-2,5,7,16H,3-4,6H2. The normalized spacial score (nSPS) is 10.6. The van der Waals surface area contributed by atoms with Crippen LogP contribution < -0.4 is 4.74 Å². The third-order valence-corrected chi connectivity index (χ3v) is 3.19. The lowest BCUT2D eigenvalue weighted by Gasteiger charge is -2.04. The summed E-state index contributed by atoms with van der Waals surface area (Å²) in [5.41, 5.74) is 0.628. The number of rotatable bonds is 5. The summed E-state index contributed by atoms with van der Waals surface area (Å²) < 4.78 is 30.8. The summed E-state index contributed by atoms with van der Waals surface area (Å²) in [6.45, 7) is 0.240. The second kappa shape index (κ2) is 5.88. The molecule has 1 N–H and O–H groups in total. The summed E-state index contributed by atoms with van der Waals surface area (Å²) in [5, 5.41) is 11.5. The van der Waals surface area contributed by atoms with Crippen molar-refractivity contribution < 1.29 is 18.6 Å². The summed E-state index contributed by atoms with van der Waals surface area (Å²) in [7, 11) is 0. The van der Waals surface area contributed by atoms with Crippen molar-refractivity contribution in [1.29, 1.82) is 0 Å². The molecule has 1 aromatic carbocycles. The number of aliphatic hydroxyl groups is 1. The summed E-state index contributed by atoms with van der Waals surface area (Å²) in [5.74, 6) is -1.54. The van der Waals surface area contributed by atoms with Crippen molar-refractivity contribution in [1.82, 2.24) is 4.98 Å². The molecular weight excluding hydrogens is 260 g/mol. The molecule has 1 heterocycles. The first-order valence-corrected chi connectivity index (χ1v) is 6.19. The number of hydrogen-bond donors (Lipinski definition) is 1. The molecule has 0 atom stereocenters. The number of aromatic nitrogens is 1. The molecule has 0 spiro atoms. The number of thiazole rings is 1. The van der Waals surface area contributed by atoms with E-state index >= 15 is 0 Å². The number of hydrogen-bond acceptors (Lipinski definition) is 4. The van der Waals surface area contributed by atoms with Crippen LogP contribution in [0.1, 0.15) is 10.7 Å². The van der Waals surface area contributed by atoms with Gasteiger partial charge >= 0.3 is 0 Å². The second-order valence-electron chi connectivity index (χ2n) is 3.57. The van der Waals surface area contributed by atoms with Gasteiger partial charge in [0.25, 0.3) is 0 Å². The number of nitrogens with zero attached hydrogens (tertiary/aromatic N) is 1. The monoisotopic (exact) mass is 271 g/mol. The van der Waals surface area contributed by atoms with Gasteiger partial charge in [0.05, 0.1) is 23.9 Å². The van der Waals surface area contributed by atoms with Gasteiger partial charge in [0.1, 0.15) is 5.75 Å². The predicted octanol–water partition coefficient (Wildman–Crippen LogP) is 2.54. The molecule has 0 aliphatic heterocycles. The molecule has 0 saturated carbocycles. The maximum absolute atomic E-state index is 12.9. The van der Waals surface area contributed by atoms with E-state index in [0.29, 0.717) is 18.7 Å². The molecule has 3 nitrogen and oxygen atoms in total. The first kappa shape index (κ1) is 12.9. The van der Waals surface area contributed by atoms with Crippen LogP contribution in [0, 0.1) is 11.6 Å². The first-order valence-electron chi connectivity index (χ1n) is 5.31. The van der Waals surface area contributed by atoms with E-state index in [-0.39, 0.29) is 12.4 Å². The van der Waals surface area contributed by atoms with Gasteiger partial charge < -0.3 is 9.84 Å². The van der Waals surface area contributed by atoms with Gasteiger partial charge in [0.15, 0.2) is 11.6 Å². The average Bonchev–Trinajstić information content (AvgIpc) is 2.82. The Morgan fingerprint density at radius 1 is 1.28 bits per heavy atom. The van der Waals surface area contributed by atoms with Crippen molar-refractivity contribution in [3.63, 3.8) is 0 Å². The molecule has 0 radical (unpaired) electrons. The molecular formula is C12H11F2NO2S. The smallest absolute Gasteiger partial charge is 0.162 e. The van der Waals surface area contributed by atoms with Crippen molar-refractivity contribution in [2.45, 2.75) is 13.0 Å². The third-order valence-electron chi connectivity index (χ3n) is 2.24. The summed E-state index contributed by atoms with van der Waals surface area (Å²) in [6.07, 6.45) is 0.559.